The van der Waals surface area contributed by atoms with Gasteiger partial charge in [0.05, 0.1) is 5.75 Å². The summed E-state index contributed by atoms with van der Waals surface area (Å²) in [6, 6.07) is 0.325. The molecule has 1 unspecified atom stereocenters. The van der Waals surface area contributed by atoms with E-state index in [-0.39, 0.29) is 0 Å². The van der Waals surface area contributed by atoms with Gasteiger partial charge in [-0.15, -0.1) is 0 Å². The fraction of sp³-hybridized carbons (Fsp3) is 1.00. The Morgan fingerprint density at radius 3 is 2.38 bits per heavy atom. The van der Waals surface area contributed by atoms with Crippen LogP contribution >= 0.6 is 0 Å². The van der Waals surface area contributed by atoms with Crippen molar-refractivity contribution in [3.05, 3.63) is 0 Å². The van der Waals surface area contributed by atoms with Crippen LogP contribution in [-0.2, 0) is 10.0 Å². The van der Waals surface area contributed by atoms with E-state index in [4.69, 9.17) is 0 Å². The van der Waals surface area contributed by atoms with Crippen molar-refractivity contribution in [2.24, 2.45) is 11.8 Å². The molecule has 2 aliphatic heterocycles. The Hall–Kier alpha value is -0.130. The molecule has 0 spiro atoms. The fourth-order valence-electron chi connectivity index (χ4n) is 4.53. The number of piperidine rings is 1. The van der Waals surface area contributed by atoms with E-state index in [0.29, 0.717) is 23.6 Å². The fourth-order valence-corrected chi connectivity index (χ4v) is 6.49. The average molecular weight is 314 g/mol. The van der Waals surface area contributed by atoms with E-state index in [1.54, 1.807) is 0 Å². The summed E-state index contributed by atoms with van der Waals surface area (Å²) in [6.45, 7) is 2.88. The number of hydrogen-bond donors (Lipinski definition) is 1. The lowest BCUT2D eigenvalue weighted by molar-refractivity contribution is 0.286. The normalized spacial score (nSPS) is 30.2. The zero-order valence-electron chi connectivity index (χ0n) is 13.1. The van der Waals surface area contributed by atoms with Gasteiger partial charge in [0.25, 0.3) is 0 Å². The Labute approximate surface area is 129 Å². The zero-order chi connectivity index (χ0) is 14.7. The first kappa shape index (κ1) is 15.8. The second kappa shape index (κ2) is 6.97. The van der Waals surface area contributed by atoms with Crippen molar-refractivity contribution in [1.82, 2.24) is 9.62 Å². The van der Waals surface area contributed by atoms with E-state index < -0.39 is 10.0 Å². The average Bonchev–Trinajstić information content (AvgIpc) is 3.16. The number of rotatable bonds is 5. The molecule has 0 radical (unpaired) electrons. The van der Waals surface area contributed by atoms with E-state index in [9.17, 15) is 8.42 Å². The summed E-state index contributed by atoms with van der Waals surface area (Å²) in [7, 11) is -3.03. The predicted molar refractivity (Wildman–Crippen MR) is 85.7 cm³/mol. The van der Waals surface area contributed by atoms with Gasteiger partial charge in [-0.3, -0.25) is 0 Å². The lowest BCUT2D eigenvalue weighted by atomic mass is 9.96. The molecule has 21 heavy (non-hydrogen) atoms. The van der Waals surface area contributed by atoms with Crippen LogP contribution in [0.25, 0.3) is 0 Å². The van der Waals surface area contributed by atoms with Crippen LogP contribution in [0.3, 0.4) is 0 Å². The summed E-state index contributed by atoms with van der Waals surface area (Å²) in [5.41, 5.74) is 0. The van der Waals surface area contributed by atoms with Crippen LogP contribution in [0.5, 0.6) is 0 Å². The summed E-state index contributed by atoms with van der Waals surface area (Å²) in [4.78, 5) is 0. The molecule has 5 heteroatoms. The van der Waals surface area contributed by atoms with Gasteiger partial charge in [-0.1, -0.05) is 12.8 Å². The molecule has 4 nitrogen and oxygen atoms in total. The van der Waals surface area contributed by atoms with Gasteiger partial charge < -0.3 is 5.32 Å². The van der Waals surface area contributed by atoms with E-state index in [2.05, 4.69) is 5.32 Å². The molecular weight excluding hydrogens is 284 g/mol. The zero-order valence-corrected chi connectivity index (χ0v) is 13.9. The predicted octanol–water partition coefficient (Wildman–Crippen LogP) is 2.36. The highest BCUT2D eigenvalue weighted by Gasteiger charge is 2.39. The molecule has 0 aromatic carbocycles. The van der Waals surface area contributed by atoms with Gasteiger partial charge in [-0.2, -0.15) is 4.31 Å². The summed E-state index contributed by atoms with van der Waals surface area (Å²) in [5, 5.41) is 3.35. The summed E-state index contributed by atoms with van der Waals surface area (Å²) >= 11 is 0. The Morgan fingerprint density at radius 1 is 0.952 bits per heavy atom. The van der Waals surface area contributed by atoms with Crippen LogP contribution < -0.4 is 5.32 Å². The molecule has 3 aliphatic rings. The number of nitrogens with one attached hydrogen (secondary N) is 1. The molecule has 1 aliphatic carbocycles. The van der Waals surface area contributed by atoms with Crippen molar-refractivity contribution in [3.8, 4) is 0 Å². The van der Waals surface area contributed by atoms with Gasteiger partial charge >= 0.3 is 0 Å². The first-order valence-electron chi connectivity index (χ1n) is 8.87. The number of nitrogens with zero attached hydrogens (tertiary/aromatic N) is 1. The minimum Gasteiger partial charge on any atom is -0.317 e. The molecular formula is C16H30N2O2S. The lowest BCUT2D eigenvalue weighted by Crippen LogP contribution is -2.41. The molecule has 2 saturated heterocycles. The molecule has 0 amide bonds. The van der Waals surface area contributed by atoms with Crippen LogP contribution in [0.4, 0.5) is 0 Å². The monoisotopic (exact) mass is 314 g/mol. The second-order valence-corrected chi connectivity index (χ2v) is 9.20. The van der Waals surface area contributed by atoms with Crippen LogP contribution in [0.2, 0.25) is 0 Å². The Balaban J connectivity index is 1.57. The van der Waals surface area contributed by atoms with Gasteiger partial charge in [-0.05, 0) is 69.9 Å². The maximum absolute atomic E-state index is 12.8. The van der Waals surface area contributed by atoms with Crippen LogP contribution in [0.1, 0.15) is 57.8 Å². The molecule has 1 atom stereocenters. The van der Waals surface area contributed by atoms with Crippen LogP contribution in [0, 0.1) is 11.8 Å². The van der Waals surface area contributed by atoms with Gasteiger partial charge in [0.2, 0.25) is 10.0 Å². The summed E-state index contributed by atoms with van der Waals surface area (Å²) < 4.78 is 27.4. The number of sulfonamides is 1. The van der Waals surface area contributed by atoms with Crippen molar-refractivity contribution >= 4 is 10.0 Å². The number of hydrogen-bond acceptors (Lipinski definition) is 3. The third-order valence-corrected chi connectivity index (χ3v) is 7.71. The van der Waals surface area contributed by atoms with Gasteiger partial charge in [0, 0.05) is 12.6 Å². The molecule has 0 aromatic heterocycles. The largest absolute Gasteiger partial charge is 0.317 e. The topological polar surface area (TPSA) is 49.4 Å². The standard InChI is InChI=1S/C16H30N2O2S/c19-21(20,13-9-14-7-10-17-11-8-14)18-12-3-6-16(18)15-4-1-2-5-15/h14-17H,1-13H2. The van der Waals surface area contributed by atoms with Crippen LogP contribution in [-0.4, -0.2) is 44.2 Å². The molecule has 1 N–H and O–H groups in total. The highest BCUT2D eigenvalue weighted by atomic mass is 32.2. The van der Waals surface area contributed by atoms with Gasteiger partial charge in [0.15, 0.2) is 0 Å². The Morgan fingerprint density at radius 2 is 1.67 bits per heavy atom. The molecule has 122 valence electrons. The highest BCUT2D eigenvalue weighted by Crippen LogP contribution is 2.37. The minimum absolute atomic E-state index is 0.325. The van der Waals surface area contributed by atoms with Gasteiger partial charge in [0.1, 0.15) is 0 Å². The summed E-state index contributed by atoms with van der Waals surface area (Å²) in [5.74, 6) is 1.62. The molecule has 3 rings (SSSR count). The molecule has 3 fully saturated rings. The SMILES string of the molecule is O=S(=O)(CCC1CCNCC1)N1CCCC1C1CCCC1. The highest BCUT2D eigenvalue weighted by molar-refractivity contribution is 7.89. The third-order valence-electron chi connectivity index (χ3n) is 5.79. The van der Waals surface area contributed by atoms with E-state index in [0.717, 1.165) is 51.7 Å². The Kier molecular flexibility index (Phi) is 5.23. The molecule has 1 saturated carbocycles. The first-order chi connectivity index (χ1) is 10.2. The maximum atomic E-state index is 12.8. The van der Waals surface area contributed by atoms with Gasteiger partial charge in [-0.25, -0.2) is 8.42 Å². The van der Waals surface area contributed by atoms with Crippen LogP contribution in [0.15, 0.2) is 0 Å². The second-order valence-electron chi connectivity index (χ2n) is 7.16. The van der Waals surface area contributed by atoms with Crippen molar-refractivity contribution in [2.45, 2.75) is 63.8 Å². The third kappa shape index (κ3) is 3.80. The summed E-state index contributed by atoms with van der Waals surface area (Å²) in [6.07, 6.45) is 10.4. The molecule has 0 aromatic rings. The van der Waals surface area contributed by atoms with E-state index in [1.165, 1.54) is 25.7 Å². The minimum atomic E-state index is -3.03. The maximum Gasteiger partial charge on any atom is 0.214 e. The van der Waals surface area contributed by atoms with Crippen molar-refractivity contribution in [3.63, 3.8) is 0 Å². The Bertz CT molecular complexity index is 426. The quantitative estimate of drug-likeness (QED) is 0.847. The van der Waals surface area contributed by atoms with E-state index in [1.807, 2.05) is 4.31 Å². The lowest BCUT2D eigenvalue weighted by Gasteiger charge is -2.29. The van der Waals surface area contributed by atoms with Crippen molar-refractivity contribution in [2.75, 3.05) is 25.4 Å². The molecule has 0 bridgehead atoms. The first-order valence-corrected chi connectivity index (χ1v) is 10.5. The van der Waals surface area contributed by atoms with Crippen molar-refractivity contribution < 1.29 is 8.42 Å². The molecule has 2 heterocycles. The van der Waals surface area contributed by atoms with Crippen molar-refractivity contribution in [1.29, 1.82) is 0 Å². The van der Waals surface area contributed by atoms with E-state index >= 15 is 0 Å². The smallest absolute Gasteiger partial charge is 0.214 e.